The Balaban J connectivity index is 2.04. The molecule has 1 aliphatic heterocycles. The summed E-state index contributed by atoms with van der Waals surface area (Å²) >= 11 is 0. The number of epoxide rings is 1. The molecule has 3 rings (SSSR count). The Hall–Kier alpha value is -1.94. The second-order valence-corrected chi connectivity index (χ2v) is 4.41. The van der Waals surface area contributed by atoms with Gasteiger partial charge in [-0.15, -0.1) is 0 Å². The molecule has 2 aliphatic rings. The fourth-order valence-electron chi connectivity index (χ4n) is 2.20. The maximum atomic E-state index is 12.3. The van der Waals surface area contributed by atoms with Crippen molar-refractivity contribution in [3.63, 3.8) is 0 Å². The number of benzene rings is 1. The van der Waals surface area contributed by atoms with Gasteiger partial charge in [-0.2, -0.15) is 0 Å². The lowest BCUT2D eigenvalue weighted by atomic mass is 9.87. The Kier molecular flexibility index (Phi) is 2.52. The molecule has 4 heteroatoms. The molecule has 4 nitrogen and oxygen atoms in total. The van der Waals surface area contributed by atoms with Gasteiger partial charge in [0, 0.05) is 17.6 Å². The molecule has 0 amide bonds. The summed E-state index contributed by atoms with van der Waals surface area (Å²) in [5.41, 5.74) is 1.33. The molecule has 0 radical (unpaired) electrons. The number of hydrogen-bond donors (Lipinski definition) is 0. The van der Waals surface area contributed by atoms with E-state index in [1.54, 1.807) is 18.2 Å². The largest absolute Gasteiger partial charge is 0.496 e. The number of ketones is 2. The van der Waals surface area contributed by atoms with Gasteiger partial charge in [0.05, 0.1) is 25.4 Å². The van der Waals surface area contributed by atoms with Crippen LogP contribution in [0.5, 0.6) is 5.75 Å². The van der Waals surface area contributed by atoms with Gasteiger partial charge in [0.1, 0.15) is 5.75 Å². The molecule has 92 valence electrons. The van der Waals surface area contributed by atoms with Gasteiger partial charge in [0.2, 0.25) is 0 Å². The number of fused-ring (bicyclic) bond motifs is 1. The van der Waals surface area contributed by atoms with Gasteiger partial charge < -0.3 is 9.47 Å². The topological polar surface area (TPSA) is 55.9 Å². The van der Waals surface area contributed by atoms with E-state index in [9.17, 15) is 9.59 Å². The van der Waals surface area contributed by atoms with Crippen LogP contribution in [0.3, 0.4) is 0 Å². The first-order chi connectivity index (χ1) is 8.70. The lowest BCUT2D eigenvalue weighted by Gasteiger charge is -2.16. The van der Waals surface area contributed by atoms with Gasteiger partial charge in [-0.05, 0) is 12.1 Å². The molecule has 0 bridgehead atoms. The number of hydrogen-bond acceptors (Lipinski definition) is 4. The molecule has 1 saturated heterocycles. The summed E-state index contributed by atoms with van der Waals surface area (Å²) in [5.74, 6) is 0.181. The van der Waals surface area contributed by atoms with Crippen molar-refractivity contribution in [2.75, 3.05) is 13.7 Å². The summed E-state index contributed by atoms with van der Waals surface area (Å²) in [4.78, 5) is 24.3. The van der Waals surface area contributed by atoms with Crippen molar-refractivity contribution >= 4 is 11.6 Å². The zero-order valence-electron chi connectivity index (χ0n) is 9.93. The molecule has 0 spiro atoms. The van der Waals surface area contributed by atoms with Crippen LogP contribution < -0.4 is 4.74 Å². The van der Waals surface area contributed by atoms with Crippen LogP contribution in [0.2, 0.25) is 0 Å². The number of allylic oxidation sites excluding steroid dienone is 1. The molecular formula is C14H12O4. The molecule has 0 saturated carbocycles. The van der Waals surface area contributed by atoms with Crippen LogP contribution >= 0.6 is 0 Å². The smallest absolute Gasteiger partial charge is 0.190 e. The fraction of sp³-hybridized carbons (Fsp3) is 0.286. The average molecular weight is 244 g/mol. The van der Waals surface area contributed by atoms with E-state index in [1.807, 2.05) is 0 Å². The van der Waals surface area contributed by atoms with Gasteiger partial charge in [0.25, 0.3) is 0 Å². The monoisotopic (exact) mass is 244 g/mol. The lowest BCUT2D eigenvalue weighted by Crippen LogP contribution is -2.18. The molecule has 1 aromatic rings. The van der Waals surface area contributed by atoms with Crippen LogP contribution in [0.1, 0.15) is 27.1 Å². The predicted octanol–water partition coefficient (Wildman–Crippen LogP) is 1.79. The highest BCUT2D eigenvalue weighted by Gasteiger charge is 2.32. The third kappa shape index (κ3) is 1.75. The summed E-state index contributed by atoms with van der Waals surface area (Å²) in [6.45, 7) is 0.670. The normalized spacial score (nSPS) is 21.4. The molecule has 0 N–H and O–H groups in total. The molecule has 1 unspecified atom stereocenters. The average Bonchev–Trinajstić information content (AvgIpc) is 3.18. The van der Waals surface area contributed by atoms with Crippen molar-refractivity contribution in [3.05, 3.63) is 41.0 Å². The predicted molar refractivity (Wildman–Crippen MR) is 64.1 cm³/mol. The van der Waals surface area contributed by atoms with Gasteiger partial charge in [0.15, 0.2) is 11.6 Å². The quantitative estimate of drug-likeness (QED) is 0.761. The number of Topliss-reactive ketones (excluding diaryl/α,β-unsaturated/α-hetero) is 1. The molecule has 1 aliphatic carbocycles. The molecule has 0 aromatic heterocycles. The Morgan fingerprint density at radius 3 is 2.83 bits per heavy atom. The van der Waals surface area contributed by atoms with E-state index < -0.39 is 0 Å². The minimum absolute atomic E-state index is 0.0974. The van der Waals surface area contributed by atoms with E-state index in [0.29, 0.717) is 35.5 Å². The first kappa shape index (κ1) is 11.2. The van der Waals surface area contributed by atoms with Gasteiger partial charge in [-0.25, -0.2) is 0 Å². The highest BCUT2D eigenvalue weighted by molar-refractivity contribution is 6.25. The van der Waals surface area contributed by atoms with Crippen LogP contribution in [-0.4, -0.2) is 31.4 Å². The third-order valence-electron chi connectivity index (χ3n) is 3.18. The standard InChI is InChI=1S/C14H12O4/c1-17-12-4-2-3-10-13(12)11(15)6-8(14(10)16)5-9-7-18-9/h2-4,6,9H,5,7H2,1H3. The van der Waals surface area contributed by atoms with E-state index in [2.05, 4.69) is 0 Å². The summed E-state index contributed by atoms with van der Waals surface area (Å²) in [7, 11) is 1.49. The van der Waals surface area contributed by atoms with Crippen LogP contribution in [0, 0.1) is 0 Å². The lowest BCUT2D eigenvalue weighted by molar-refractivity contribution is 0.0978. The minimum Gasteiger partial charge on any atom is -0.496 e. The third-order valence-corrected chi connectivity index (χ3v) is 3.18. The van der Waals surface area contributed by atoms with E-state index in [1.165, 1.54) is 13.2 Å². The first-order valence-corrected chi connectivity index (χ1v) is 5.79. The SMILES string of the molecule is COc1cccc2c1C(=O)C=C(CC1CO1)C2=O. The summed E-state index contributed by atoms with van der Waals surface area (Å²) in [6.07, 6.45) is 2.02. The van der Waals surface area contributed by atoms with E-state index in [4.69, 9.17) is 9.47 Å². The maximum Gasteiger partial charge on any atom is 0.190 e. The fourth-order valence-corrected chi connectivity index (χ4v) is 2.20. The number of ether oxygens (including phenoxy) is 2. The Labute approximate surface area is 104 Å². The van der Waals surface area contributed by atoms with Gasteiger partial charge in [-0.1, -0.05) is 12.1 Å². The van der Waals surface area contributed by atoms with Crippen molar-refractivity contribution in [3.8, 4) is 5.75 Å². The molecule has 1 aromatic carbocycles. The van der Waals surface area contributed by atoms with E-state index in [-0.39, 0.29) is 17.7 Å². The van der Waals surface area contributed by atoms with E-state index in [0.717, 1.165) is 0 Å². The number of rotatable bonds is 3. The molecule has 18 heavy (non-hydrogen) atoms. The number of methoxy groups -OCH3 is 1. The van der Waals surface area contributed by atoms with Crippen molar-refractivity contribution in [2.24, 2.45) is 0 Å². The van der Waals surface area contributed by atoms with E-state index >= 15 is 0 Å². The van der Waals surface area contributed by atoms with Crippen LogP contribution in [0.25, 0.3) is 0 Å². The highest BCUT2D eigenvalue weighted by atomic mass is 16.6. The summed E-state index contributed by atoms with van der Waals surface area (Å²) in [5, 5.41) is 0. The number of carbonyl (C=O) groups is 2. The first-order valence-electron chi connectivity index (χ1n) is 5.79. The summed E-state index contributed by atoms with van der Waals surface area (Å²) < 4.78 is 10.2. The summed E-state index contributed by atoms with van der Waals surface area (Å²) in [6, 6.07) is 5.07. The van der Waals surface area contributed by atoms with Gasteiger partial charge in [-0.3, -0.25) is 9.59 Å². The molecule has 1 heterocycles. The van der Waals surface area contributed by atoms with Crippen LogP contribution in [0.4, 0.5) is 0 Å². The second kappa shape index (κ2) is 4.07. The zero-order valence-corrected chi connectivity index (χ0v) is 9.93. The van der Waals surface area contributed by atoms with Crippen molar-refractivity contribution in [1.29, 1.82) is 0 Å². The van der Waals surface area contributed by atoms with Gasteiger partial charge >= 0.3 is 0 Å². The zero-order chi connectivity index (χ0) is 12.7. The van der Waals surface area contributed by atoms with Crippen LogP contribution in [0.15, 0.2) is 29.8 Å². The maximum absolute atomic E-state index is 12.3. The van der Waals surface area contributed by atoms with Crippen LogP contribution in [-0.2, 0) is 4.74 Å². The minimum atomic E-state index is -0.169. The Bertz CT molecular complexity index is 567. The Morgan fingerprint density at radius 1 is 1.39 bits per heavy atom. The van der Waals surface area contributed by atoms with Crippen molar-refractivity contribution < 1.29 is 19.1 Å². The van der Waals surface area contributed by atoms with Crippen molar-refractivity contribution in [2.45, 2.75) is 12.5 Å². The molecule has 1 fully saturated rings. The molecule has 1 atom stereocenters. The molecular weight excluding hydrogens is 232 g/mol. The highest BCUT2D eigenvalue weighted by Crippen LogP contribution is 2.32. The second-order valence-electron chi connectivity index (χ2n) is 4.41. The number of carbonyl (C=O) groups excluding carboxylic acids is 2. The van der Waals surface area contributed by atoms with Crippen molar-refractivity contribution in [1.82, 2.24) is 0 Å². The Morgan fingerprint density at radius 2 is 2.17 bits per heavy atom.